The molecule has 0 spiro atoms. The van der Waals surface area contributed by atoms with Crippen molar-refractivity contribution in [1.29, 1.82) is 0 Å². The van der Waals surface area contributed by atoms with Gasteiger partial charge in [0.1, 0.15) is 10.7 Å². The average Bonchev–Trinajstić information content (AvgIpc) is 3.06. The van der Waals surface area contributed by atoms with Crippen LogP contribution in [0.25, 0.3) is 10.6 Å². The third-order valence-electron chi connectivity index (χ3n) is 3.76. The molecular formula is C16H20Cl2N4OS. The number of piperazine rings is 1. The molecular weight excluding hydrogens is 367 g/mol. The summed E-state index contributed by atoms with van der Waals surface area (Å²) in [5.74, 6) is -0.130. The molecule has 1 aromatic heterocycles. The summed E-state index contributed by atoms with van der Waals surface area (Å²) in [6.07, 6.45) is 0. The van der Waals surface area contributed by atoms with E-state index in [-0.39, 0.29) is 18.3 Å². The fourth-order valence-electron chi connectivity index (χ4n) is 2.49. The van der Waals surface area contributed by atoms with Gasteiger partial charge in [-0.15, -0.1) is 23.7 Å². The Morgan fingerprint density at radius 3 is 2.83 bits per heavy atom. The number of nitrogens with one attached hydrogen (secondary N) is 2. The van der Waals surface area contributed by atoms with Gasteiger partial charge in [-0.3, -0.25) is 9.69 Å². The van der Waals surface area contributed by atoms with E-state index in [1.807, 2.05) is 24.3 Å². The first-order valence-electron chi connectivity index (χ1n) is 7.66. The molecule has 0 atom stereocenters. The predicted molar refractivity (Wildman–Crippen MR) is 101 cm³/mol. The van der Waals surface area contributed by atoms with E-state index in [0.717, 1.165) is 43.3 Å². The van der Waals surface area contributed by atoms with Crippen molar-refractivity contribution in [2.24, 2.45) is 0 Å². The highest BCUT2D eigenvalue weighted by molar-refractivity contribution is 7.13. The number of hydrogen-bond acceptors (Lipinski definition) is 5. The number of rotatable bonds is 5. The van der Waals surface area contributed by atoms with Crippen molar-refractivity contribution < 1.29 is 4.79 Å². The summed E-state index contributed by atoms with van der Waals surface area (Å²) in [7, 11) is 0. The van der Waals surface area contributed by atoms with E-state index in [2.05, 4.69) is 20.5 Å². The van der Waals surface area contributed by atoms with Crippen molar-refractivity contribution in [3.63, 3.8) is 0 Å². The Bertz CT molecular complexity index is 674. The highest BCUT2D eigenvalue weighted by Gasteiger charge is 2.14. The first-order valence-corrected chi connectivity index (χ1v) is 8.91. The molecule has 0 unspecified atom stereocenters. The zero-order chi connectivity index (χ0) is 16.1. The van der Waals surface area contributed by atoms with Gasteiger partial charge in [0, 0.05) is 50.2 Å². The molecule has 2 N–H and O–H groups in total. The lowest BCUT2D eigenvalue weighted by molar-refractivity contribution is 0.0943. The standard InChI is InChI=1S/C16H19ClN4OS.ClH/c17-13-4-2-1-3-12(13)16-20-14(11-23-16)15(22)19-7-10-21-8-5-18-6-9-21;/h1-4,11,18H,5-10H2,(H,19,22);1H. The van der Waals surface area contributed by atoms with Crippen LogP contribution in [0.15, 0.2) is 29.6 Å². The molecule has 1 aliphatic rings. The van der Waals surface area contributed by atoms with Crippen molar-refractivity contribution in [3.05, 3.63) is 40.4 Å². The highest BCUT2D eigenvalue weighted by atomic mass is 35.5. The van der Waals surface area contributed by atoms with Gasteiger partial charge in [0.2, 0.25) is 0 Å². The maximum absolute atomic E-state index is 12.2. The van der Waals surface area contributed by atoms with Gasteiger partial charge in [0.25, 0.3) is 5.91 Å². The van der Waals surface area contributed by atoms with Crippen LogP contribution < -0.4 is 10.6 Å². The molecule has 0 bridgehead atoms. The van der Waals surface area contributed by atoms with Crippen LogP contribution in [0.3, 0.4) is 0 Å². The monoisotopic (exact) mass is 386 g/mol. The number of carbonyl (C=O) groups excluding carboxylic acids is 1. The van der Waals surface area contributed by atoms with Gasteiger partial charge < -0.3 is 10.6 Å². The quantitative estimate of drug-likeness (QED) is 0.828. The minimum absolute atomic E-state index is 0. The number of halogens is 2. The van der Waals surface area contributed by atoms with Crippen molar-refractivity contribution >= 4 is 41.3 Å². The number of aromatic nitrogens is 1. The number of hydrogen-bond donors (Lipinski definition) is 2. The first-order chi connectivity index (χ1) is 11.2. The summed E-state index contributed by atoms with van der Waals surface area (Å²) < 4.78 is 0. The van der Waals surface area contributed by atoms with Crippen molar-refractivity contribution in [3.8, 4) is 10.6 Å². The third kappa shape index (κ3) is 4.91. The van der Waals surface area contributed by atoms with Crippen molar-refractivity contribution in [2.45, 2.75) is 0 Å². The number of amides is 1. The molecule has 1 fully saturated rings. The minimum atomic E-state index is -0.130. The SMILES string of the molecule is Cl.O=C(NCCN1CCNCC1)c1csc(-c2ccccc2Cl)n1. The van der Waals surface area contributed by atoms with Gasteiger partial charge in [-0.1, -0.05) is 29.8 Å². The van der Waals surface area contributed by atoms with Crippen LogP contribution in [-0.2, 0) is 0 Å². The van der Waals surface area contributed by atoms with E-state index in [0.29, 0.717) is 17.3 Å². The lowest BCUT2D eigenvalue weighted by Gasteiger charge is -2.26. The molecule has 1 aromatic carbocycles. The van der Waals surface area contributed by atoms with Gasteiger partial charge in [-0.2, -0.15) is 0 Å². The van der Waals surface area contributed by atoms with Gasteiger partial charge in [0.05, 0.1) is 5.02 Å². The maximum atomic E-state index is 12.2. The van der Waals surface area contributed by atoms with Gasteiger partial charge in [0.15, 0.2) is 0 Å². The number of nitrogens with zero attached hydrogens (tertiary/aromatic N) is 2. The summed E-state index contributed by atoms with van der Waals surface area (Å²) in [6, 6.07) is 7.53. The molecule has 2 heterocycles. The summed E-state index contributed by atoms with van der Waals surface area (Å²) in [5, 5.41) is 9.44. The van der Waals surface area contributed by atoms with E-state index < -0.39 is 0 Å². The molecule has 0 radical (unpaired) electrons. The lowest BCUT2D eigenvalue weighted by atomic mass is 10.2. The van der Waals surface area contributed by atoms with E-state index >= 15 is 0 Å². The minimum Gasteiger partial charge on any atom is -0.349 e. The fraction of sp³-hybridized carbons (Fsp3) is 0.375. The molecule has 0 saturated carbocycles. The van der Waals surface area contributed by atoms with Crippen LogP contribution in [-0.4, -0.2) is 55.1 Å². The topological polar surface area (TPSA) is 57.3 Å². The van der Waals surface area contributed by atoms with E-state index in [4.69, 9.17) is 11.6 Å². The van der Waals surface area contributed by atoms with E-state index in [1.54, 1.807) is 5.38 Å². The molecule has 1 saturated heterocycles. The smallest absolute Gasteiger partial charge is 0.270 e. The maximum Gasteiger partial charge on any atom is 0.270 e. The van der Waals surface area contributed by atoms with Gasteiger partial charge in [-0.25, -0.2) is 4.98 Å². The van der Waals surface area contributed by atoms with Crippen molar-refractivity contribution in [2.75, 3.05) is 39.3 Å². The van der Waals surface area contributed by atoms with Crippen LogP contribution in [0.4, 0.5) is 0 Å². The van der Waals surface area contributed by atoms with Crippen LogP contribution in [0.1, 0.15) is 10.5 Å². The molecule has 5 nitrogen and oxygen atoms in total. The highest BCUT2D eigenvalue weighted by Crippen LogP contribution is 2.29. The second-order valence-electron chi connectivity index (χ2n) is 5.37. The Hall–Kier alpha value is -1.18. The fourth-order valence-corrected chi connectivity index (χ4v) is 3.61. The Labute approximate surface area is 156 Å². The first kappa shape index (κ1) is 19.1. The largest absolute Gasteiger partial charge is 0.349 e. The summed E-state index contributed by atoms with van der Waals surface area (Å²) in [5.41, 5.74) is 1.31. The van der Waals surface area contributed by atoms with Gasteiger partial charge in [-0.05, 0) is 6.07 Å². The van der Waals surface area contributed by atoms with Crippen LogP contribution in [0, 0.1) is 0 Å². The van der Waals surface area contributed by atoms with Crippen LogP contribution >= 0.6 is 35.3 Å². The second kappa shape index (κ2) is 9.34. The van der Waals surface area contributed by atoms with E-state index in [9.17, 15) is 4.79 Å². The molecule has 0 aliphatic carbocycles. The number of benzene rings is 1. The van der Waals surface area contributed by atoms with Gasteiger partial charge >= 0.3 is 0 Å². The Morgan fingerprint density at radius 1 is 1.33 bits per heavy atom. The van der Waals surface area contributed by atoms with Crippen LogP contribution in [0.5, 0.6) is 0 Å². The molecule has 2 aromatic rings. The summed E-state index contributed by atoms with van der Waals surface area (Å²) in [4.78, 5) is 18.9. The molecule has 1 amide bonds. The number of thiazole rings is 1. The van der Waals surface area contributed by atoms with Crippen molar-refractivity contribution in [1.82, 2.24) is 20.5 Å². The second-order valence-corrected chi connectivity index (χ2v) is 6.63. The lowest BCUT2D eigenvalue weighted by Crippen LogP contribution is -2.46. The predicted octanol–water partition coefficient (Wildman–Crippen LogP) is 2.52. The molecule has 24 heavy (non-hydrogen) atoms. The molecule has 3 rings (SSSR count). The van der Waals surface area contributed by atoms with Crippen LogP contribution in [0.2, 0.25) is 5.02 Å². The summed E-state index contributed by atoms with van der Waals surface area (Å²) >= 11 is 7.60. The Balaban J connectivity index is 0.00000208. The zero-order valence-electron chi connectivity index (χ0n) is 13.1. The number of carbonyl (C=O) groups is 1. The zero-order valence-corrected chi connectivity index (χ0v) is 15.5. The Kier molecular flexibility index (Phi) is 7.45. The molecule has 8 heteroatoms. The summed E-state index contributed by atoms with van der Waals surface area (Å²) in [6.45, 7) is 5.60. The Morgan fingerprint density at radius 2 is 2.08 bits per heavy atom. The van der Waals surface area contributed by atoms with E-state index in [1.165, 1.54) is 11.3 Å². The molecule has 130 valence electrons. The molecule has 1 aliphatic heterocycles. The normalized spacial score (nSPS) is 14.9. The third-order valence-corrected chi connectivity index (χ3v) is 4.97. The average molecular weight is 387 g/mol.